The fourth-order valence-electron chi connectivity index (χ4n) is 5.93. The number of ether oxygens (including phenoxy) is 1. The van der Waals surface area contributed by atoms with Crippen molar-refractivity contribution in [2.24, 2.45) is 5.92 Å². The molecule has 0 spiro atoms. The molecule has 2 heterocycles. The predicted octanol–water partition coefficient (Wildman–Crippen LogP) is 7.49. The Labute approximate surface area is 235 Å². The van der Waals surface area contributed by atoms with Crippen LogP contribution in [0.3, 0.4) is 0 Å². The number of piperidine rings is 1. The molecule has 4 rings (SSSR count). The Balaban J connectivity index is 1.41. The molecular weight excluding hydrogens is 553 g/mol. The molecule has 2 saturated heterocycles. The molecule has 0 aliphatic carbocycles. The number of carbonyl (C=O) groups is 1. The third-order valence-electron chi connectivity index (χ3n) is 8.54. The molecule has 1 N–H and O–H groups in total. The minimum atomic E-state index is -4.98. The maximum absolute atomic E-state index is 13.5. The lowest BCUT2D eigenvalue weighted by Gasteiger charge is -2.46. The van der Waals surface area contributed by atoms with E-state index in [2.05, 4.69) is 10.2 Å². The molecular formula is C30H35F7N2O2. The molecule has 2 aliphatic heterocycles. The monoisotopic (exact) mass is 588 g/mol. The van der Waals surface area contributed by atoms with Gasteiger partial charge in [0.25, 0.3) is 5.91 Å². The van der Waals surface area contributed by atoms with Crippen LogP contribution in [0.1, 0.15) is 80.7 Å². The van der Waals surface area contributed by atoms with Crippen LogP contribution >= 0.6 is 0 Å². The standard InChI is InChI=1S/C30H35F7N2O2/c1-18(2)28(27(40)38-19(3)22-14-23(29(32,33)34)16-24(15-22)30(35,36)37)11-8-26(17-41-28)39-12-9-21(10-13-39)20-4-6-25(31)7-5-20/h4-7,14-16,18-19,21,26H,8-13,17H2,1-3H3,(H,38,40)/t19-,26-,28+/m1/s1. The first kappa shape index (κ1) is 31.3. The highest BCUT2D eigenvalue weighted by atomic mass is 19.4. The van der Waals surface area contributed by atoms with Crippen molar-refractivity contribution in [1.82, 2.24) is 10.2 Å². The van der Waals surface area contributed by atoms with E-state index in [-0.39, 0.29) is 36.0 Å². The average Bonchev–Trinajstić information content (AvgIpc) is 2.92. The SMILES string of the molecule is CC(C)[C@]1(C(=O)N[C@H](C)c2cc(C(F)(F)F)cc(C(F)(F)F)c2)CC[C@@H](N2CCC(c3ccc(F)cc3)CC2)CO1. The maximum atomic E-state index is 13.5. The summed E-state index contributed by atoms with van der Waals surface area (Å²) < 4.78 is 99.5. The zero-order chi connectivity index (χ0) is 30.2. The van der Waals surface area contributed by atoms with Gasteiger partial charge in [-0.25, -0.2) is 4.39 Å². The van der Waals surface area contributed by atoms with E-state index in [4.69, 9.17) is 4.74 Å². The largest absolute Gasteiger partial charge is 0.416 e. The number of hydrogen-bond donors (Lipinski definition) is 1. The highest BCUT2D eigenvalue weighted by Crippen LogP contribution is 2.39. The van der Waals surface area contributed by atoms with Crippen molar-refractivity contribution in [3.05, 3.63) is 70.5 Å². The number of likely N-dealkylation sites (tertiary alicyclic amines) is 1. The summed E-state index contributed by atoms with van der Waals surface area (Å²) in [6.45, 7) is 6.91. The Kier molecular flexibility index (Phi) is 9.09. The van der Waals surface area contributed by atoms with E-state index in [9.17, 15) is 35.5 Å². The van der Waals surface area contributed by atoms with Crippen LogP contribution in [0.15, 0.2) is 42.5 Å². The van der Waals surface area contributed by atoms with Gasteiger partial charge in [-0.15, -0.1) is 0 Å². The normalized spacial score (nSPS) is 23.9. The second kappa shape index (κ2) is 11.9. The minimum Gasteiger partial charge on any atom is -0.363 e. The van der Waals surface area contributed by atoms with Crippen LogP contribution in [-0.2, 0) is 21.9 Å². The fraction of sp³-hybridized carbons (Fsp3) is 0.567. The molecule has 11 heteroatoms. The first-order valence-electron chi connectivity index (χ1n) is 13.8. The number of carbonyl (C=O) groups excluding carboxylic acids is 1. The molecule has 0 radical (unpaired) electrons. The van der Waals surface area contributed by atoms with Gasteiger partial charge in [0.2, 0.25) is 0 Å². The Hall–Kier alpha value is -2.66. The maximum Gasteiger partial charge on any atom is 0.416 e. The van der Waals surface area contributed by atoms with Crippen molar-refractivity contribution in [1.29, 1.82) is 0 Å². The van der Waals surface area contributed by atoms with Gasteiger partial charge in [0.1, 0.15) is 11.4 Å². The zero-order valence-electron chi connectivity index (χ0n) is 23.2. The Bertz CT molecular complexity index is 1160. The van der Waals surface area contributed by atoms with Crippen LogP contribution in [0.5, 0.6) is 0 Å². The van der Waals surface area contributed by atoms with Gasteiger partial charge in [-0.3, -0.25) is 9.69 Å². The van der Waals surface area contributed by atoms with E-state index < -0.39 is 41.0 Å². The van der Waals surface area contributed by atoms with Crippen molar-refractivity contribution >= 4 is 5.91 Å². The highest BCUT2D eigenvalue weighted by molar-refractivity contribution is 5.86. The molecule has 4 nitrogen and oxygen atoms in total. The number of hydrogen-bond acceptors (Lipinski definition) is 3. The van der Waals surface area contributed by atoms with Crippen LogP contribution < -0.4 is 5.32 Å². The van der Waals surface area contributed by atoms with E-state index in [0.717, 1.165) is 31.5 Å². The van der Waals surface area contributed by atoms with Crippen LogP contribution in [0.2, 0.25) is 0 Å². The summed E-state index contributed by atoms with van der Waals surface area (Å²) in [6.07, 6.45) is -7.12. The lowest BCUT2D eigenvalue weighted by molar-refractivity contribution is -0.170. The smallest absolute Gasteiger partial charge is 0.363 e. The minimum absolute atomic E-state index is 0.0699. The number of benzene rings is 2. The van der Waals surface area contributed by atoms with Gasteiger partial charge in [0, 0.05) is 6.04 Å². The average molecular weight is 589 g/mol. The molecule has 0 unspecified atom stereocenters. The molecule has 226 valence electrons. The van der Waals surface area contributed by atoms with E-state index in [1.165, 1.54) is 19.1 Å². The van der Waals surface area contributed by atoms with Gasteiger partial charge in [0.15, 0.2) is 0 Å². The predicted molar refractivity (Wildman–Crippen MR) is 139 cm³/mol. The van der Waals surface area contributed by atoms with Gasteiger partial charge in [-0.05, 0) is 99.0 Å². The van der Waals surface area contributed by atoms with Gasteiger partial charge in [0.05, 0.1) is 23.8 Å². The number of halogens is 7. The van der Waals surface area contributed by atoms with Crippen LogP contribution in [0, 0.1) is 11.7 Å². The number of amides is 1. The molecule has 0 bridgehead atoms. The third-order valence-corrected chi connectivity index (χ3v) is 8.54. The molecule has 3 atom stereocenters. The summed E-state index contributed by atoms with van der Waals surface area (Å²) >= 11 is 0. The first-order valence-corrected chi connectivity index (χ1v) is 13.8. The number of nitrogens with zero attached hydrogens (tertiary/aromatic N) is 1. The molecule has 41 heavy (non-hydrogen) atoms. The molecule has 1 amide bonds. The van der Waals surface area contributed by atoms with Gasteiger partial charge < -0.3 is 10.1 Å². The van der Waals surface area contributed by atoms with Gasteiger partial charge >= 0.3 is 12.4 Å². The summed E-state index contributed by atoms with van der Waals surface area (Å²) in [5.74, 6) is -0.767. The first-order chi connectivity index (χ1) is 19.1. The summed E-state index contributed by atoms with van der Waals surface area (Å²) in [5, 5.41) is 2.63. The van der Waals surface area contributed by atoms with Crippen molar-refractivity contribution < 1.29 is 40.3 Å². The number of alkyl halides is 6. The van der Waals surface area contributed by atoms with E-state index in [0.29, 0.717) is 30.9 Å². The molecule has 0 saturated carbocycles. The Morgan fingerprint density at radius 1 is 0.927 bits per heavy atom. The van der Waals surface area contributed by atoms with Gasteiger partial charge in [-0.1, -0.05) is 26.0 Å². The Morgan fingerprint density at radius 2 is 1.49 bits per heavy atom. The summed E-state index contributed by atoms with van der Waals surface area (Å²) in [7, 11) is 0. The van der Waals surface area contributed by atoms with E-state index in [1.54, 1.807) is 0 Å². The molecule has 2 aromatic rings. The molecule has 2 aromatic carbocycles. The second-order valence-corrected chi connectivity index (χ2v) is 11.4. The Morgan fingerprint density at radius 3 is 1.95 bits per heavy atom. The van der Waals surface area contributed by atoms with Crippen LogP contribution in [0.25, 0.3) is 0 Å². The quantitative estimate of drug-likeness (QED) is 0.356. The molecule has 2 fully saturated rings. The lowest BCUT2D eigenvalue weighted by Crippen LogP contribution is -2.59. The molecule has 0 aromatic heterocycles. The van der Waals surface area contributed by atoms with E-state index in [1.807, 2.05) is 26.0 Å². The highest BCUT2D eigenvalue weighted by Gasteiger charge is 2.47. The van der Waals surface area contributed by atoms with Crippen LogP contribution in [0.4, 0.5) is 30.7 Å². The number of rotatable bonds is 6. The third kappa shape index (κ3) is 7.05. The summed E-state index contributed by atoms with van der Waals surface area (Å²) in [4.78, 5) is 15.8. The fourth-order valence-corrected chi connectivity index (χ4v) is 5.93. The van der Waals surface area contributed by atoms with Crippen LogP contribution in [-0.4, -0.2) is 42.1 Å². The van der Waals surface area contributed by atoms with Gasteiger partial charge in [-0.2, -0.15) is 26.3 Å². The van der Waals surface area contributed by atoms with E-state index >= 15 is 0 Å². The van der Waals surface area contributed by atoms with Crippen molar-refractivity contribution in [3.8, 4) is 0 Å². The van der Waals surface area contributed by atoms with Crippen molar-refractivity contribution in [2.75, 3.05) is 19.7 Å². The second-order valence-electron chi connectivity index (χ2n) is 11.4. The number of nitrogens with one attached hydrogen (secondary N) is 1. The topological polar surface area (TPSA) is 41.6 Å². The summed E-state index contributed by atoms with van der Waals surface area (Å²) in [6, 6.07) is 6.88. The lowest BCUT2D eigenvalue weighted by atomic mass is 9.80. The van der Waals surface area contributed by atoms with Crippen molar-refractivity contribution in [2.45, 2.75) is 82.4 Å². The van der Waals surface area contributed by atoms with Crippen molar-refractivity contribution in [3.63, 3.8) is 0 Å². The zero-order valence-corrected chi connectivity index (χ0v) is 23.2. The summed E-state index contributed by atoms with van der Waals surface area (Å²) in [5.41, 5.74) is -3.30. The molecule has 2 aliphatic rings.